The van der Waals surface area contributed by atoms with Crippen LogP contribution in [0.4, 0.5) is 0 Å². The van der Waals surface area contributed by atoms with Gasteiger partial charge in [0.25, 0.3) is 5.91 Å². The van der Waals surface area contributed by atoms with Crippen molar-refractivity contribution in [1.82, 2.24) is 10.2 Å². The Morgan fingerprint density at radius 3 is 2.59 bits per heavy atom. The highest BCUT2D eigenvalue weighted by atomic mass is 16.5. The van der Waals surface area contributed by atoms with Gasteiger partial charge in [0.05, 0.1) is 6.04 Å². The molecule has 2 heterocycles. The first-order valence-corrected chi connectivity index (χ1v) is 7.90. The zero-order valence-electron chi connectivity index (χ0n) is 12.8. The van der Waals surface area contributed by atoms with Gasteiger partial charge in [0.2, 0.25) is 5.91 Å². The highest BCUT2D eigenvalue weighted by molar-refractivity contribution is 5.86. The molecule has 0 aliphatic carbocycles. The maximum Gasteiger partial charge on any atom is 0.254 e. The topological polar surface area (TPSA) is 58.6 Å². The maximum atomic E-state index is 12.8. The monoisotopic (exact) mass is 302 g/mol. The molecule has 5 heteroatoms. The number of hydrogen-bond donors (Lipinski definition) is 1. The van der Waals surface area contributed by atoms with Gasteiger partial charge >= 0.3 is 0 Å². The molecule has 2 atom stereocenters. The number of morpholine rings is 1. The van der Waals surface area contributed by atoms with E-state index in [1.54, 1.807) is 0 Å². The van der Waals surface area contributed by atoms with Gasteiger partial charge in [-0.1, -0.05) is 37.3 Å². The number of carbonyl (C=O) groups excluding carboxylic acids is 2. The van der Waals surface area contributed by atoms with Crippen LogP contribution in [-0.4, -0.2) is 42.5 Å². The van der Waals surface area contributed by atoms with Crippen LogP contribution in [0.25, 0.3) is 0 Å². The van der Waals surface area contributed by atoms with Gasteiger partial charge in [-0.15, -0.1) is 0 Å². The predicted molar refractivity (Wildman–Crippen MR) is 82.0 cm³/mol. The Balaban J connectivity index is 1.77. The average molecular weight is 302 g/mol. The summed E-state index contributed by atoms with van der Waals surface area (Å²) in [6.45, 7) is 3.71. The molecule has 2 saturated heterocycles. The Morgan fingerprint density at radius 1 is 1.23 bits per heavy atom. The van der Waals surface area contributed by atoms with Crippen molar-refractivity contribution in [2.24, 2.45) is 5.92 Å². The highest BCUT2D eigenvalue weighted by Crippen LogP contribution is 2.26. The number of rotatable bonds is 2. The number of amides is 2. The van der Waals surface area contributed by atoms with Crippen LogP contribution >= 0.6 is 0 Å². The van der Waals surface area contributed by atoms with Crippen molar-refractivity contribution in [2.45, 2.75) is 31.9 Å². The number of piperidine rings is 1. The van der Waals surface area contributed by atoms with Crippen molar-refractivity contribution < 1.29 is 14.3 Å². The largest absolute Gasteiger partial charge is 0.356 e. The van der Waals surface area contributed by atoms with Gasteiger partial charge in [-0.3, -0.25) is 9.59 Å². The zero-order valence-corrected chi connectivity index (χ0v) is 12.8. The van der Waals surface area contributed by atoms with Crippen LogP contribution in [0, 0.1) is 5.92 Å². The summed E-state index contributed by atoms with van der Waals surface area (Å²) in [7, 11) is 0. The van der Waals surface area contributed by atoms with Gasteiger partial charge in [-0.25, -0.2) is 0 Å². The normalized spacial score (nSPS) is 26.6. The second-order valence-electron chi connectivity index (χ2n) is 6.20. The van der Waals surface area contributed by atoms with E-state index in [1.165, 1.54) is 0 Å². The number of likely N-dealkylation sites (tertiary alicyclic amines) is 1. The summed E-state index contributed by atoms with van der Waals surface area (Å²) >= 11 is 0. The molecule has 22 heavy (non-hydrogen) atoms. The number of hydrogen-bond acceptors (Lipinski definition) is 3. The third-order valence-corrected chi connectivity index (χ3v) is 4.51. The number of benzene rings is 1. The van der Waals surface area contributed by atoms with Crippen LogP contribution in [0.2, 0.25) is 0 Å². The van der Waals surface area contributed by atoms with E-state index < -0.39 is 12.1 Å². The van der Waals surface area contributed by atoms with Crippen LogP contribution in [0.1, 0.15) is 31.4 Å². The standard InChI is InChI=1S/C17H22N2O3/c1-12-7-9-19(10-8-12)17(21)16-15(18-14(20)11-22-16)13-5-3-2-4-6-13/h2-6,12,15-16H,7-11H2,1H3,(H,18,20). The second kappa shape index (κ2) is 6.48. The Kier molecular flexibility index (Phi) is 4.43. The summed E-state index contributed by atoms with van der Waals surface area (Å²) in [5.41, 5.74) is 0.902. The van der Waals surface area contributed by atoms with Gasteiger partial charge in [0, 0.05) is 13.1 Å². The quantitative estimate of drug-likeness (QED) is 0.901. The van der Waals surface area contributed by atoms with Gasteiger partial charge in [0.15, 0.2) is 6.10 Å². The molecule has 1 aromatic rings. The molecule has 1 aromatic carbocycles. The van der Waals surface area contributed by atoms with Crippen LogP contribution in [-0.2, 0) is 14.3 Å². The lowest BCUT2D eigenvalue weighted by Gasteiger charge is -2.37. The molecule has 2 fully saturated rings. The molecule has 2 aliphatic rings. The van der Waals surface area contributed by atoms with E-state index in [9.17, 15) is 9.59 Å². The smallest absolute Gasteiger partial charge is 0.254 e. The third kappa shape index (κ3) is 3.14. The van der Waals surface area contributed by atoms with Crippen LogP contribution in [0.15, 0.2) is 30.3 Å². The summed E-state index contributed by atoms with van der Waals surface area (Å²) in [6, 6.07) is 9.14. The van der Waals surface area contributed by atoms with Crippen molar-refractivity contribution in [1.29, 1.82) is 0 Å². The molecule has 0 spiro atoms. The van der Waals surface area contributed by atoms with E-state index in [-0.39, 0.29) is 18.4 Å². The van der Waals surface area contributed by atoms with Crippen molar-refractivity contribution in [3.8, 4) is 0 Å². The molecule has 2 amide bonds. The summed E-state index contributed by atoms with van der Waals surface area (Å²) in [5.74, 6) is 0.479. The van der Waals surface area contributed by atoms with E-state index in [2.05, 4.69) is 12.2 Å². The summed E-state index contributed by atoms with van der Waals surface area (Å²) < 4.78 is 5.60. The van der Waals surface area contributed by atoms with E-state index in [0.29, 0.717) is 5.92 Å². The number of nitrogens with zero attached hydrogens (tertiary/aromatic N) is 1. The molecule has 5 nitrogen and oxygen atoms in total. The lowest BCUT2D eigenvalue weighted by molar-refractivity contribution is -0.156. The molecule has 2 aliphatic heterocycles. The second-order valence-corrected chi connectivity index (χ2v) is 6.20. The molecule has 2 unspecified atom stereocenters. The fourth-order valence-electron chi connectivity index (χ4n) is 3.09. The molecule has 0 saturated carbocycles. The minimum absolute atomic E-state index is 0.0132. The summed E-state index contributed by atoms with van der Waals surface area (Å²) in [6.07, 6.45) is 1.43. The lowest BCUT2D eigenvalue weighted by Crippen LogP contribution is -2.54. The Bertz CT molecular complexity index is 538. The number of nitrogens with one attached hydrogen (secondary N) is 1. The molecular formula is C17H22N2O3. The summed E-state index contributed by atoms with van der Waals surface area (Å²) in [5, 5.41) is 2.90. The minimum Gasteiger partial charge on any atom is -0.356 e. The maximum absolute atomic E-state index is 12.8. The van der Waals surface area contributed by atoms with Gasteiger partial charge < -0.3 is 15.0 Å². The van der Waals surface area contributed by atoms with Crippen LogP contribution in [0.3, 0.4) is 0 Å². The molecule has 0 bridgehead atoms. The predicted octanol–water partition coefficient (Wildman–Crippen LogP) is 1.50. The van der Waals surface area contributed by atoms with Crippen molar-refractivity contribution in [2.75, 3.05) is 19.7 Å². The first-order chi connectivity index (χ1) is 10.6. The highest BCUT2D eigenvalue weighted by Gasteiger charge is 2.38. The number of ether oxygens (including phenoxy) is 1. The Morgan fingerprint density at radius 2 is 1.91 bits per heavy atom. The first-order valence-electron chi connectivity index (χ1n) is 7.90. The Labute approximate surface area is 130 Å². The van der Waals surface area contributed by atoms with E-state index in [1.807, 2.05) is 35.2 Å². The third-order valence-electron chi connectivity index (χ3n) is 4.51. The molecule has 0 radical (unpaired) electrons. The lowest BCUT2D eigenvalue weighted by atomic mass is 9.95. The fraction of sp³-hybridized carbons (Fsp3) is 0.529. The van der Waals surface area contributed by atoms with Gasteiger partial charge in [-0.2, -0.15) is 0 Å². The van der Waals surface area contributed by atoms with E-state index >= 15 is 0 Å². The molecule has 0 aromatic heterocycles. The van der Waals surface area contributed by atoms with Crippen molar-refractivity contribution >= 4 is 11.8 Å². The Hall–Kier alpha value is -1.88. The number of carbonyl (C=O) groups is 2. The first kappa shape index (κ1) is 15.0. The van der Waals surface area contributed by atoms with E-state index in [0.717, 1.165) is 31.5 Å². The molecule has 1 N–H and O–H groups in total. The summed E-state index contributed by atoms with van der Waals surface area (Å²) in [4.78, 5) is 26.3. The molecule has 3 rings (SSSR count). The van der Waals surface area contributed by atoms with Crippen LogP contribution < -0.4 is 5.32 Å². The molecule has 118 valence electrons. The van der Waals surface area contributed by atoms with Crippen LogP contribution in [0.5, 0.6) is 0 Å². The fourth-order valence-corrected chi connectivity index (χ4v) is 3.09. The van der Waals surface area contributed by atoms with Gasteiger partial charge in [0.1, 0.15) is 6.61 Å². The zero-order chi connectivity index (χ0) is 15.5. The SMILES string of the molecule is CC1CCN(C(=O)C2OCC(=O)NC2c2ccccc2)CC1. The van der Waals surface area contributed by atoms with Crippen molar-refractivity contribution in [3.05, 3.63) is 35.9 Å². The van der Waals surface area contributed by atoms with Crippen molar-refractivity contribution in [3.63, 3.8) is 0 Å². The minimum atomic E-state index is -0.631. The van der Waals surface area contributed by atoms with Gasteiger partial charge in [-0.05, 0) is 24.3 Å². The average Bonchev–Trinajstić information content (AvgIpc) is 2.56. The van der Waals surface area contributed by atoms with E-state index in [4.69, 9.17) is 4.74 Å². The molecular weight excluding hydrogens is 280 g/mol.